The number of aromatic carboxylic acids is 1. The first-order valence-electron chi connectivity index (χ1n) is 5.69. The SMILES string of the molecule is COCC(C)N(C)c1nnc(C)c(C)c1C(=O)O. The molecule has 1 N–H and O–H groups in total. The van der Waals surface area contributed by atoms with Gasteiger partial charge in [0.2, 0.25) is 0 Å². The zero-order valence-electron chi connectivity index (χ0n) is 11.4. The molecule has 0 amide bonds. The van der Waals surface area contributed by atoms with Crippen molar-refractivity contribution in [1.82, 2.24) is 10.2 Å². The van der Waals surface area contributed by atoms with Gasteiger partial charge in [0.15, 0.2) is 5.82 Å². The van der Waals surface area contributed by atoms with E-state index in [9.17, 15) is 9.90 Å². The van der Waals surface area contributed by atoms with Crippen molar-refractivity contribution in [1.29, 1.82) is 0 Å². The highest BCUT2D eigenvalue weighted by Crippen LogP contribution is 2.22. The molecular weight excluding hydrogens is 234 g/mol. The summed E-state index contributed by atoms with van der Waals surface area (Å²) >= 11 is 0. The summed E-state index contributed by atoms with van der Waals surface area (Å²) in [6.07, 6.45) is 0. The normalized spacial score (nSPS) is 12.3. The van der Waals surface area contributed by atoms with E-state index >= 15 is 0 Å². The van der Waals surface area contributed by atoms with Gasteiger partial charge in [-0.25, -0.2) is 4.79 Å². The number of anilines is 1. The molecule has 0 aliphatic rings. The van der Waals surface area contributed by atoms with E-state index in [4.69, 9.17) is 4.74 Å². The van der Waals surface area contributed by atoms with Crippen molar-refractivity contribution >= 4 is 11.8 Å². The molecule has 1 atom stereocenters. The van der Waals surface area contributed by atoms with Gasteiger partial charge in [0.05, 0.1) is 18.3 Å². The van der Waals surface area contributed by atoms with Crippen molar-refractivity contribution in [3.05, 3.63) is 16.8 Å². The molecule has 0 saturated heterocycles. The third-order valence-electron chi connectivity index (χ3n) is 3.05. The number of carbonyl (C=O) groups is 1. The van der Waals surface area contributed by atoms with Crippen LogP contribution >= 0.6 is 0 Å². The first kappa shape index (κ1) is 14.4. The Bertz CT molecular complexity index is 448. The lowest BCUT2D eigenvalue weighted by atomic mass is 10.1. The summed E-state index contributed by atoms with van der Waals surface area (Å²) in [5.74, 6) is -0.618. The average molecular weight is 253 g/mol. The van der Waals surface area contributed by atoms with Crippen LogP contribution in [0.25, 0.3) is 0 Å². The molecule has 0 radical (unpaired) electrons. The second-order valence-corrected chi connectivity index (χ2v) is 4.33. The molecule has 18 heavy (non-hydrogen) atoms. The van der Waals surface area contributed by atoms with E-state index in [1.165, 1.54) is 0 Å². The van der Waals surface area contributed by atoms with Gasteiger partial charge < -0.3 is 14.7 Å². The lowest BCUT2D eigenvalue weighted by Crippen LogP contribution is -2.35. The highest BCUT2D eigenvalue weighted by Gasteiger charge is 2.22. The van der Waals surface area contributed by atoms with Gasteiger partial charge in [0.1, 0.15) is 5.56 Å². The number of aryl methyl sites for hydroxylation is 1. The number of likely N-dealkylation sites (N-methyl/N-ethyl adjacent to an activating group) is 1. The predicted molar refractivity (Wildman–Crippen MR) is 68.2 cm³/mol. The third-order valence-corrected chi connectivity index (χ3v) is 3.05. The predicted octanol–water partition coefficient (Wildman–Crippen LogP) is 1.26. The molecular formula is C12H19N3O3. The van der Waals surface area contributed by atoms with Gasteiger partial charge in [0, 0.05) is 14.2 Å². The number of carboxylic acid groups (broad SMARTS) is 1. The fourth-order valence-corrected chi connectivity index (χ4v) is 1.66. The fourth-order valence-electron chi connectivity index (χ4n) is 1.66. The number of hydrogen-bond donors (Lipinski definition) is 1. The molecule has 0 fully saturated rings. The molecule has 6 heteroatoms. The number of rotatable bonds is 5. The molecule has 0 bridgehead atoms. The summed E-state index contributed by atoms with van der Waals surface area (Å²) < 4.78 is 5.06. The lowest BCUT2D eigenvalue weighted by molar-refractivity contribution is 0.0695. The van der Waals surface area contributed by atoms with Gasteiger partial charge in [-0.15, -0.1) is 5.10 Å². The molecule has 0 saturated carbocycles. The quantitative estimate of drug-likeness (QED) is 0.851. The van der Waals surface area contributed by atoms with Crippen LogP contribution in [-0.4, -0.2) is 48.1 Å². The summed E-state index contributed by atoms with van der Waals surface area (Å²) in [6.45, 7) is 5.92. The monoisotopic (exact) mass is 253 g/mol. The molecule has 1 unspecified atom stereocenters. The summed E-state index contributed by atoms with van der Waals surface area (Å²) in [4.78, 5) is 13.1. The Morgan fingerprint density at radius 1 is 1.44 bits per heavy atom. The van der Waals surface area contributed by atoms with E-state index in [0.717, 1.165) is 0 Å². The first-order valence-corrected chi connectivity index (χ1v) is 5.69. The summed E-state index contributed by atoms with van der Waals surface area (Å²) in [5.41, 5.74) is 1.47. The van der Waals surface area contributed by atoms with Crippen LogP contribution in [0, 0.1) is 13.8 Å². The minimum atomic E-state index is -0.989. The van der Waals surface area contributed by atoms with Crippen molar-refractivity contribution in [2.75, 3.05) is 25.7 Å². The molecule has 0 aliphatic carbocycles. The third kappa shape index (κ3) is 2.76. The van der Waals surface area contributed by atoms with Crippen LogP contribution in [-0.2, 0) is 4.74 Å². The Morgan fingerprint density at radius 2 is 2.06 bits per heavy atom. The number of carboxylic acids is 1. The van der Waals surface area contributed by atoms with Crippen LogP contribution in [0.1, 0.15) is 28.5 Å². The standard InChI is InChI=1S/C12H19N3O3/c1-7(6-18-5)15(4)11-10(12(16)17)8(2)9(3)13-14-11/h7H,6H2,1-5H3,(H,16,17). The van der Waals surface area contributed by atoms with E-state index in [2.05, 4.69) is 10.2 Å². The van der Waals surface area contributed by atoms with Crippen molar-refractivity contribution in [3.8, 4) is 0 Å². The molecule has 0 aliphatic heterocycles. The highest BCUT2D eigenvalue weighted by atomic mass is 16.5. The Kier molecular flexibility index (Phi) is 4.61. The topological polar surface area (TPSA) is 75.5 Å². The summed E-state index contributed by atoms with van der Waals surface area (Å²) in [7, 11) is 3.39. The maximum atomic E-state index is 11.4. The molecule has 1 rings (SSSR count). The van der Waals surface area contributed by atoms with Crippen LogP contribution in [0.5, 0.6) is 0 Å². The lowest BCUT2D eigenvalue weighted by Gasteiger charge is -2.26. The number of ether oxygens (including phenoxy) is 1. The second kappa shape index (κ2) is 5.77. The number of methoxy groups -OCH3 is 1. The maximum Gasteiger partial charge on any atom is 0.339 e. The van der Waals surface area contributed by atoms with Gasteiger partial charge >= 0.3 is 5.97 Å². The van der Waals surface area contributed by atoms with Crippen molar-refractivity contribution in [2.45, 2.75) is 26.8 Å². The van der Waals surface area contributed by atoms with E-state index in [1.54, 1.807) is 32.9 Å². The zero-order chi connectivity index (χ0) is 13.9. The van der Waals surface area contributed by atoms with Gasteiger partial charge in [-0.3, -0.25) is 0 Å². The van der Waals surface area contributed by atoms with Crippen LogP contribution < -0.4 is 4.90 Å². The minimum Gasteiger partial charge on any atom is -0.478 e. The summed E-state index contributed by atoms with van der Waals surface area (Å²) in [5, 5.41) is 17.3. The van der Waals surface area contributed by atoms with E-state index in [0.29, 0.717) is 23.7 Å². The van der Waals surface area contributed by atoms with Crippen LogP contribution in [0.4, 0.5) is 5.82 Å². The van der Waals surface area contributed by atoms with Crippen molar-refractivity contribution < 1.29 is 14.6 Å². The van der Waals surface area contributed by atoms with E-state index in [1.807, 2.05) is 6.92 Å². The zero-order valence-corrected chi connectivity index (χ0v) is 11.4. The highest BCUT2D eigenvalue weighted by molar-refractivity contribution is 5.95. The molecule has 6 nitrogen and oxygen atoms in total. The second-order valence-electron chi connectivity index (χ2n) is 4.33. The van der Waals surface area contributed by atoms with Crippen LogP contribution in [0.2, 0.25) is 0 Å². The van der Waals surface area contributed by atoms with E-state index < -0.39 is 5.97 Å². The van der Waals surface area contributed by atoms with Crippen LogP contribution in [0.15, 0.2) is 0 Å². The first-order chi connectivity index (χ1) is 8.40. The molecule has 100 valence electrons. The summed E-state index contributed by atoms with van der Waals surface area (Å²) in [6, 6.07) is 0.0181. The Labute approximate surface area is 107 Å². The van der Waals surface area contributed by atoms with Gasteiger partial charge in [-0.1, -0.05) is 0 Å². The van der Waals surface area contributed by atoms with E-state index in [-0.39, 0.29) is 11.6 Å². The van der Waals surface area contributed by atoms with Gasteiger partial charge in [0.25, 0.3) is 0 Å². The Hall–Kier alpha value is -1.69. The maximum absolute atomic E-state index is 11.4. The van der Waals surface area contributed by atoms with Gasteiger partial charge in [-0.05, 0) is 26.3 Å². The number of nitrogens with zero attached hydrogens (tertiary/aromatic N) is 3. The van der Waals surface area contributed by atoms with Gasteiger partial charge in [-0.2, -0.15) is 5.10 Å². The van der Waals surface area contributed by atoms with Crippen molar-refractivity contribution in [2.24, 2.45) is 0 Å². The average Bonchev–Trinajstić information content (AvgIpc) is 2.31. The molecule has 1 heterocycles. The van der Waals surface area contributed by atoms with Crippen LogP contribution in [0.3, 0.4) is 0 Å². The molecule has 1 aromatic heterocycles. The largest absolute Gasteiger partial charge is 0.478 e. The Morgan fingerprint density at radius 3 is 2.56 bits per heavy atom. The molecule has 0 spiro atoms. The Balaban J connectivity index is 3.24. The molecule has 0 aromatic carbocycles. The molecule has 1 aromatic rings. The fraction of sp³-hybridized carbons (Fsp3) is 0.583. The smallest absolute Gasteiger partial charge is 0.339 e. The minimum absolute atomic E-state index is 0.0181. The number of hydrogen-bond acceptors (Lipinski definition) is 5. The number of aromatic nitrogens is 2. The van der Waals surface area contributed by atoms with Crippen molar-refractivity contribution in [3.63, 3.8) is 0 Å².